The van der Waals surface area contributed by atoms with Crippen LogP contribution in [-0.2, 0) is 10.2 Å². The molecule has 0 aliphatic rings. The summed E-state index contributed by atoms with van der Waals surface area (Å²) in [4.78, 5) is 4.11. The number of hydrogen-bond donors (Lipinski definition) is 0. The minimum Gasteiger partial charge on any atom is -0.481 e. The summed E-state index contributed by atoms with van der Waals surface area (Å²) in [7, 11) is 6.12. The van der Waals surface area contributed by atoms with Crippen molar-refractivity contribution in [1.82, 2.24) is 0 Å². The molecule has 0 aliphatic carbocycles. The van der Waals surface area contributed by atoms with Crippen LogP contribution in [0.1, 0.15) is 31.9 Å². The van der Waals surface area contributed by atoms with Gasteiger partial charge in [0.1, 0.15) is 0 Å². The second-order valence-electron chi connectivity index (χ2n) is 4.78. The van der Waals surface area contributed by atoms with Gasteiger partial charge in [-0.2, -0.15) is 0 Å². The predicted molar refractivity (Wildman–Crippen MR) is 74.0 cm³/mol. The van der Waals surface area contributed by atoms with Gasteiger partial charge < -0.3 is 4.74 Å². The van der Waals surface area contributed by atoms with E-state index in [1.807, 2.05) is 0 Å². The fourth-order valence-electron chi connectivity index (χ4n) is 1.55. The molecule has 0 heterocycles. The average Bonchev–Trinajstić information content (AvgIpc) is 2.20. The molecular formula is C13H20NOP. The highest BCUT2D eigenvalue weighted by molar-refractivity contribution is 7.27. The highest BCUT2D eigenvalue weighted by Gasteiger charge is 2.15. The van der Waals surface area contributed by atoms with Gasteiger partial charge in [0.2, 0.25) is 5.90 Å². The first-order chi connectivity index (χ1) is 7.40. The van der Waals surface area contributed by atoms with E-state index in [4.69, 9.17) is 4.74 Å². The minimum atomic E-state index is 0.167. The number of ether oxygens (including phenoxy) is 1. The highest BCUT2D eigenvalue weighted by Crippen LogP contribution is 2.22. The number of aliphatic imine (C=N–C) groups is 1. The van der Waals surface area contributed by atoms with Crippen molar-refractivity contribution in [1.29, 1.82) is 0 Å². The van der Waals surface area contributed by atoms with Crippen LogP contribution < -0.4 is 5.30 Å². The third-order valence-corrected chi connectivity index (χ3v) is 3.02. The zero-order valence-electron chi connectivity index (χ0n) is 10.7. The van der Waals surface area contributed by atoms with Crippen LogP contribution in [-0.4, -0.2) is 20.1 Å². The topological polar surface area (TPSA) is 21.6 Å². The van der Waals surface area contributed by atoms with Gasteiger partial charge in [0.05, 0.1) is 7.11 Å². The van der Waals surface area contributed by atoms with Crippen molar-refractivity contribution in [3.8, 4) is 0 Å². The SMILES string of the molecule is C/N=C(\OC)c1ccc(C(C)(C)C)cc1P. The number of methoxy groups -OCH3 is 1. The fraction of sp³-hybridized carbons (Fsp3) is 0.462. The molecule has 0 aromatic heterocycles. The molecule has 1 aromatic rings. The molecular weight excluding hydrogens is 217 g/mol. The quantitative estimate of drug-likeness (QED) is 0.418. The van der Waals surface area contributed by atoms with Gasteiger partial charge >= 0.3 is 0 Å². The Balaban J connectivity index is 3.20. The maximum atomic E-state index is 5.23. The summed E-state index contributed by atoms with van der Waals surface area (Å²) in [6, 6.07) is 6.37. The molecule has 1 aromatic carbocycles. The largest absolute Gasteiger partial charge is 0.481 e. The van der Waals surface area contributed by atoms with E-state index in [-0.39, 0.29) is 5.41 Å². The molecule has 88 valence electrons. The lowest BCUT2D eigenvalue weighted by molar-refractivity contribution is 0.404. The number of benzene rings is 1. The van der Waals surface area contributed by atoms with Crippen LogP contribution in [0.2, 0.25) is 0 Å². The first-order valence-corrected chi connectivity index (χ1v) is 5.89. The van der Waals surface area contributed by atoms with Crippen LogP contribution in [0.15, 0.2) is 23.2 Å². The van der Waals surface area contributed by atoms with Gasteiger partial charge in [0, 0.05) is 12.6 Å². The van der Waals surface area contributed by atoms with E-state index in [0.29, 0.717) is 5.90 Å². The highest BCUT2D eigenvalue weighted by atomic mass is 31.0. The van der Waals surface area contributed by atoms with Crippen molar-refractivity contribution >= 4 is 20.4 Å². The molecule has 0 saturated heterocycles. The van der Waals surface area contributed by atoms with Crippen LogP contribution in [0.5, 0.6) is 0 Å². The van der Waals surface area contributed by atoms with Gasteiger partial charge in [-0.25, -0.2) is 0 Å². The third-order valence-electron chi connectivity index (χ3n) is 2.54. The monoisotopic (exact) mass is 237 g/mol. The van der Waals surface area contributed by atoms with E-state index in [1.54, 1.807) is 14.2 Å². The summed E-state index contributed by atoms with van der Waals surface area (Å²) < 4.78 is 5.23. The van der Waals surface area contributed by atoms with Gasteiger partial charge in [-0.1, -0.05) is 32.9 Å². The molecule has 2 nitrogen and oxygen atoms in total. The van der Waals surface area contributed by atoms with Crippen molar-refractivity contribution < 1.29 is 4.74 Å². The molecule has 0 fully saturated rings. The summed E-state index contributed by atoms with van der Waals surface area (Å²) in [5.41, 5.74) is 2.51. The number of hydrogen-bond acceptors (Lipinski definition) is 2. The van der Waals surface area contributed by atoms with Crippen molar-refractivity contribution in [2.45, 2.75) is 26.2 Å². The van der Waals surface area contributed by atoms with Crippen LogP contribution in [0, 0.1) is 0 Å². The summed E-state index contributed by atoms with van der Waals surface area (Å²) in [6.07, 6.45) is 0. The number of nitrogens with zero attached hydrogens (tertiary/aromatic N) is 1. The Labute approximate surface area is 100 Å². The maximum Gasteiger partial charge on any atom is 0.216 e. The minimum absolute atomic E-state index is 0.167. The normalized spacial score (nSPS) is 12.8. The number of rotatable bonds is 1. The van der Waals surface area contributed by atoms with Crippen molar-refractivity contribution in [3.63, 3.8) is 0 Å². The van der Waals surface area contributed by atoms with Crippen LogP contribution >= 0.6 is 9.24 Å². The zero-order chi connectivity index (χ0) is 12.3. The smallest absolute Gasteiger partial charge is 0.216 e. The predicted octanol–water partition coefficient (Wildman–Crippen LogP) is 2.51. The fourth-order valence-corrected chi connectivity index (χ4v) is 1.94. The Kier molecular flexibility index (Phi) is 4.09. The Bertz CT molecular complexity index is 405. The Morgan fingerprint density at radius 1 is 1.31 bits per heavy atom. The van der Waals surface area contributed by atoms with Crippen molar-refractivity contribution in [3.05, 3.63) is 29.3 Å². The molecule has 0 N–H and O–H groups in total. The van der Waals surface area contributed by atoms with Gasteiger partial charge in [-0.05, 0) is 22.3 Å². The van der Waals surface area contributed by atoms with E-state index in [2.05, 4.69) is 53.2 Å². The van der Waals surface area contributed by atoms with Crippen LogP contribution in [0.4, 0.5) is 0 Å². The van der Waals surface area contributed by atoms with E-state index < -0.39 is 0 Å². The summed E-state index contributed by atoms with van der Waals surface area (Å²) in [5, 5.41) is 1.12. The van der Waals surface area contributed by atoms with Gasteiger partial charge in [-0.3, -0.25) is 4.99 Å². The first kappa shape index (κ1) is 13.2. The Morgan fingerprint density at radius 2 is 1.94 bits per heavy atom. The van der Waals surface area contributed by atoms with Gasteiger partial charge in [0.15, 0.2) is 0 Å². The molecule has 0 bridgehead atoms. The molecule has 3 heteroatoms. The molecule has 0 aliphatic heterocycles. The molecule has 0 spiro atoms. The molecule has 0 saturated carbocycles. The lowest BCUT2D eigenvalue weighted by Gasteiger charge is -2.20. The van der Waals surface area contributed by atoms with Gasteiger partial charge in [0.25, 0.3) is 0 Å². The Hall–Kier alpha value is -0.880. The lowest BCUT2D eigenvalue weighted by Crippen LogP contribution is -2.18. The zero-order valence-corrected chi connectivity index (χ0v) is 11.8. The molecule has 0 radical (unpaired) electrons. The third kappa shape index (κ3) is 2.82. The molecule has 0 amide bonds. The van der Waals surface area contributed by atoms with E-state index in [1.165, 1.54) is 5.56 Å². The summed E-state index contributed by atoms with van der Waals surface area (Å²) in [6.45, 7) is 6.62. The standard InChI is InChI=1S/C13H20NOP/c1-13(2,3)9-6-7-10(11(16)8-9)12(14-4)15-5/h6-8H,16H2,1-5H3/b14-12-. The van der Waals surface area contributed by atoms with Crippen molar-refractivity contribution in [2.75, 3.05) is 14.2 Å². The van der Waals surface area contributed by atoms with Crippen molar-refractivity contribution in [2.24, 2.45) is 4.99 Å². The summed E-state index contributed by atoms with van der Waals surface area (Å²) in [5.74, 6) is 0.672. The van der Waals surface area contributed by atoms with Gasteiger partial charge in [-0.15, -0.1) is 9.24 Å². The van der Waals surface area contributed by atoms with E-state index in [9.17, 15) is 0 Å². The van der Waals surface area contributed by atoms with E-state index >= 15 is 0 Å². The molecule has 1 unspecified atom stereocenters. The second-order valence-corrected chi connectivity index (χ2v) is 5.41. The molecule has 1 atom stereocenters. The maximum absolute atomic E-state index is 5.23. The first-order valence-electron chi connectivity index (χ1n) is 5.31. The van der Waals surface area contributed by atoms with Crippen LogP contribution in [0.3, 0.4) is 0 Å². The van der Waals surface area contributed by atoms with E-state index in [0.717, 1.165) is 10.9 Å². The van der Waals surface area contributed by atoms with Crippen LogP contribution in [0.25, 0.3) is 0 Å². The Morgan fingerprint density at radius 3 is 2.31 bits per heavy atom. The average molecular weight is 237 g/mol. The lowest BCUT2D eigenvalue weighted by atomic mass is 9.86. The molecule has 16 heavy (non-hydrogen) atoms. The molecule has 1 rings (SSSR count). The second kappa shape index (κ2) is 4.97. The summed E-state index contributed by atoms with van der Waals surface area (Å²) >= 11 is 0.